The van der Waals surface area contributed by atoms with E-state index in [9.17, 15) is 4.79 Å². The van der Waals surface area contributed by atoms with Gasteiger partial charge in [0.05, 0.1) is 19.3 Å². The molecule has 0 bridgehead atoms. The first-order chi connectivity index (χ1) is 12.6. The SMILES string of the molecule is CN(C(=O)c1ccc(Br)cc1)[C@H]1CC2(CC[C@@H]1N1CC=CC1)OCCO2. The van der Waals surface area contributed by atoms with Gasteiger partial charge in [-0.05, 0) is 30.7 Å². The van der Waals surface area contributed by atoms with Gasteiger partial charge in [0, 0.05) is 49.1 Å². The van der Waals surface area contributed by atoms with Crippen molar-refractivity contribution >= 4 is 21.8 Å². The molecule has 5 nitrogen and oxygen atoms in total. The fourth-order valence-electron chi connectivity index (χ4n) is 4.41. The van der Waals surface area contributed by atoms with Crippen LogP contribution in [0.15, 0.2) is 40.9 Å². The van der Waals surface area contributed by atoms with Gasteiger partial charge in [-0.2, -0.15) is 0 Å². The van der Waals surface area contributed by atoms with E-state index in [0.717, 1.165) is 36.8 Å². The van der Waals surface area contributed by atoms with Crippen molar-refractivity contribution in [3.8, 4) is 0 Å². The number of amides is 1. The van der Waals surface area contributed by atoms with Gasteiger partial charge in [0.15, 0.2) is 5.79 Å². The van der Waals surface area contributed by atoms with Crippen LogP contribution in [0, 0.1) is 0 Å². The molecule has 0 unspecified atom stereocenters. The zero-order valence-electron chi connectivity index (χ0n) is 15.1. The first-order valence-corrected chi connectivity index (χ1v) is 10.1. The number of halogens is 1. The highest BCUT2D eigenvalue weighted by atomic mass is 79.9. The molecule has 3 aliphatic rings. The summed E-state index contributed by atoms with van der Waals surface area (Å²) in [5.74, 6) is -0.461. The molecule has 0 radical (unpaired) electrons. The standard InChI is InChI=1S/C20H25BrN2O3/c1-22(19(24)15-4-6-16(21)7-5-15)18-14-20(25-12-13-26-20)9-8-17(18)23-10-2-3-11-23/h2-7,17-18H,8-14H2,1H3/t17-,18-/m0/s1. The van der Waals surface area contributed by atoms with Crippen molar-refractivity contribution in [3.05, 3.63) is 46.5 Å². The molecule has 0 N–H and O–H groups in total. The molecule has 0 aromatic heterocycles. The summed E-state index contributed by atoms with van der Waals surface area (Å²) in [6, 6.07) is 7.96. The largest absolute Gasteiger partial charge is 0.347 e. The molecule has 6 heteroatoms. The Morgan fingerprint density at radius 2 is 1.85 bits per heavy atom. The maximum absolute atomic E-state index is 13.1. The Hall–Kier alpha value is -1.21. The number of likely N-dealkylation sites (N-methyl/N-ethyl adjacent to an activating group) is 1. The molecule has 2 atom stereocenters. The summed E-state index contributed by atoms with van der Waals surface area (Å²) in [5.41, 5.74) is 0.710. The summed E-state index contributed by atoms with van der Waals surface area (Å²) in [6.45, 7) is 3.20. The van der Waals surface area contributed by atoms with Gasteiger partial charge < -0.3 is 14.4 Å². The van der Waals surface area contributed by atoms with Crippen molar-refractivity contribution in [1.29, 1.82) is 0 Å². The number of nitrogens with zero attached hydrogens (tertiary/aromatic N) is 2. The summed E-state index contributed by atoms with van der Waals surface area (Å²) in [5, 5.41) is 0. The Balaban J connectivity index is 1.57. The average Bonchev–Trinajstić information content (AvgIpc) is 3.34. The predicted octanol–water partition coefficient (Wildman–Crippen LogP) is 3.06. The predicted molar refractivity (Wildman–Crippen MR) is 103 cm³/mol. The summed E-state index contributed by atoms with van der Waals surface area (Å²) in [6.07, 6.45) is 7.02. The monoisotopic (exact) mass is 420 g/mol. The lowest BCUT2D eigenvalue weighted by Crippen LogP contribution is -2.58. The lowest BCUT2D eigenvalue weighted by atomic mass is 9.83. The summed E-state index contributed by atoms with van der Waals surface area (Å²) in [7, 11) is 1.92. The molecule has 4 rings (SSSR count). The van der Waals surface area contributed by atoms with Crippen LogP contribution in [0.4, 0.5) is 0 Å². The molecule has 1 saturated heterocycles. The second kappa shape index (κ2) is 7.43. The molecule has 26 heavy (non-hydrogen) atoms. The fourth-order valence-corrected chi connectivity index (χ4v) is 4.67. The Bertz CT molecular complexity index is 677. The summed E-state index contributed by atoms with van der Waals surface area (Å²) < 4.78 is 12.9. The fraction of sp³-hybridized carbons (Fsp3) is 0.550. The Morgan fingerprint density at radius 3 is 2.50 bits per heavy atom. The van der Waals surface area contributed by atoms with Gasteiger partial charge in [-0.25, -0.2) is 0 Å². The molecule has 1 aromatic carbocycles. The number of ether oxygens (including phenoxy) is 2. The van der Waals surface area contributed by atoms with Crippen LogP contribution in [-0.4, -0.2) is 66.9 Å². The van der Waals surface area contributed by atoms with Crippen LogP contribution in [0.3, 0.4) is 0 Å². The highest BCUT2D eigenvalue weighted by molar-refractivity contribution is 9.10. The third-order valence-corrected chi connectivity index (χ3v) is 6.35. The maximum atomic E-state index is 13.1. The van der Waals surface area contributed by atoms with Crippen LogP contribution < -0.4 is 0 Å². The molecule has 1 aliphatic carbocycles. The third kappa shape index (κ3) is 3.48. The van der Waals surface area contributed by atoms with Crippen molar-refractivity contribution in [2.45, 2.75) is 37.1 Å². The smallest absolute Gasteiger partial charge is 0.253 e. The Labute approximate surface area is 163 Å². The minimum Gasteiger partial charge on any atom is -0.347 e. The zero-order valence-corrected chi connectivity index (χ0v) is 16.7. The van der Waals surface area contributed by atoms with Crippen molar-refractivity contribution in [2.24, 2.45) is 0 Å². The average molecular weight is 421 g/mol. The topological polar surface area (TPSA) is 42.0 Å². The molecule has 140 valence electrons. The van der Waals surface area contributed by atoms with Crippen LogP contribution >= 0.6 is 15.9 Å². The van der Waals surface area contributed by atoms with Crippen LogP contribution in [0.5, 0.6) is 0 Å². The first-order valence-electron chi connectivity index (χ1n) is 9.28. The van der Waals surface area contributed by atoms with Crippen LogP contribution in [0.25, 0.3) is 0 Å². The van der Waals surface area contributed by atoms with Gasteiger partial charge in [0.2, 0.25) is 0 Å². The van der Waals surface area contributed by atoms with Crippen LogP contribution in [-0.2, 0) is 9.47 Å². The third-order valence-electron chi connectivity index (χ3n) is 5.82. The number of hydrogen-bond donors (Lipinski definition) is 0. The van der Waals surface area contributed by atoms with E-state index in [-0.39, 0.29) is 11.9 Å². The second-order valence-corrected chi connectivity index (χ2v) is 8.25. The van der Waals surface area contributed by atoms with E-state index < -0.39 is 5.79 Å². The van der Waals surface area contributed by atoms with E-state index in [0.29, 0.717) is 24.8 Å². The van der Waals surface area contributed by atoms with Gasteiger partial charge >= 0.3 is 0 Å². The minimum absolute atomic E-state index is 0.0507. The van der Waals surface area contributed by atoms with Crippen LogP contribution in [0.2, 0.25) is 0 Å². The molecule has 2 fully saturated rings. The van der Waals surface area contributed by atoms with Gasteiger partial charge in [-0.15, -0.1) is 0 Å². The zero-order chi connectivity index (χ0) is 18.1. The molecule has 1 spiro atoms. The number of carbonyl (C=O) groups excluding carboxylic acids is 1. The summed E-state index contributed by atoms with van der Waals surface area (Å²) >= 11 is 3.43. The highest BCUT2D eigenvalue weighted by Crippen LogP contribution is 2.40. The van der Waals surface area contributed by atoms with E-state index >= 15 is 0 Å². The van der Waals surface area contributed by atoms with Crippen molar-refractivity contribution in [2.75, 3.05) is 33.4 Å². The molecule has 2 heterocycles. The molecule has 1 amide bonds. The van der Waals surface area contributed by atoms with Gasteiger partial charge in [-0.1, -0.05) is 28.1 Å². The van der Waals surface area contributed by atoms with E-state index in [1.165, 1.54) is 0 Å². The minimum atomic E-state index is -0.511. The van der Waals surface area contributed by atoms with Gasteiger partial charge in [0.25, 0.3) is 5.91 Å². The molecular weight excluding hydrogens is 396 g/mol. The molecule has 2 aliphatic heterocycles. The highest BCUT2D eigenvalue weighted by Gasteiger charge is 2.48. The van der Waals surface area contributed by atoms with Crippen molar-refractivity contribution < 1.29 is 14.3 Å². The molecule has 1 saturated carbocycles. The number of benzene rings is 1. The number of hydrogen-bond acceptors (Lipinski definition) is 4. The van der Waals surface area contributed by atoms with Crippen LogP contribution in [0.1, 0.15) is 29.6 Å². The lowest BCUT2D eigenvalue weighted by molar-refractivity contribution is -0.195. The first kappa shape index (κ1) is 18.2. The van der Waals surface area contributed by atoms with E-state index in [2.05, 4.69) is 33.0 Å². The lowest BCUT2D eigenvalue weighted by Gasteiger charge is -2.47. The van der Waals surface area contributed by atoms with E-state index in [1.54, 1.807) is 0 Å². The number of rotatable bonds is 3. The van der Waals surface area contributed by atoms with Crippen molar-refractivity contribution in [3.63, 3.8) is 0 Å². The summed E-state index contributed by atoms with van der Waals surface area (Å²) in [4.78, 5) is 17.5. The quantitative estimate of drug-likeness (QED) is 0.704. The van der Waals surface area contributed by atoms with Gasteiger partial charge in [0.1, 0.15) is 0 Å². The molecule has 1 aromatic rings. The second-order valence-electron chi connectivity index (χ2n) is 7.33. The Morgan fingerprint density at radius 1 is 1.19 bits per heavy atom. The van der Waals surface area contributed by atoms with E-state index in [4.69, 9.17) is 9.47 Å². The van der Waals surface area contributed by atoms with Gasteiger partial charge in [-0.3, -0.25) is 9.69 Å². The Kier molecular flexibility index (Phi) is 5.19. The van der Waals surface area contributed by atoms with Crippen molar-refractivity contribution in [1.82, 2.24) is 9.80 Å². The van der Waals surface area contributed by atoms with E-state index in [1.807, 2.05) is 36.2 Å². The molecular formula is C20H25BrN2O3. The normalized spacial score (nSPS) is 27.9. The maximum Gasteiger partial charge on any atom is 0.253 e. The number of carbonyl (C=O) groups is 1.